The summed E-state index contributed by atoms with van der Waals surface area (Å²) in [4.78, 5) is 29.0. The van der Waals surface area contributed by atoms with E-state index in [1.54, 1.807) is 48.5 Å². The van der Waals surface area contributed by atoms with E-state index in [2.05, 4.69) is 15.6 Å². The van der Waals surface area contributed by atoms with Gasteiger partial charge in [0, 0.05) is 5.69 Å². The molecule has 0 atom stereocenters. The van der Waals surface area contributed by atoms with Crippen molar-refractivity contribution in [3.63, 3.8) is 0 Å². The van der Waals surface area contributed by atoms with Gasteiger partial charge in [-0.25, -0.2) is 9.37 Å². The number of carbonyl (C=O) groups excluding carboxylic acids is 2. The third kappa shape index (κ3) is 5.22. The molecule has 0 aliphatic heterocycles. The third-order valence-corrected chi connectivity index (χ3v) is 6.71. The van der Waals surface area contributed by atoms with E-state index in [9.17, 15) is 14.0 Å². The standard InChI is InChI=1S/C22H15ClFN3O2S2/c23-15-6-2-4-8-17(15)26-20(28)12-30-22-27-18-10-9-13(11-19(18)31-22)25-21(29)14-5-1-3-7-16(14)24/h1-11H,12H2,(H,25,29)(H,26,28). The van der Waals surface area contributed by atoms with Crippen LogP contribution >= 0.6 is 34.7 Å². The molecule has 0 unspecified atom stereocenters. The van der Waals surface area contributed by atoms with Crippen LogP contribution in [0.3, 0.4) is 0 Å². The van der Waals surface area contributed by atoms with Gasteiger partial charge in [-0.3, -0.25) is 9.59 Å². The number of fused-ring (bicyclic) bond motifs is 1. The fourth-order valence-electron chi connectivity index (χ4n) is 2.76. The van der Waals surface area contributed by atoms with Crippen molar-refractivity contribution in [3.8, 4) is 0 Å². The Labute approximate surface area is 190 Å². The van der Waals surface area contributed by atoms with Crippen LogP contribution in [0.4, 0.5) is 15.8 Å². The second-order valence-electron chi connectivity index (χ2n) is 6.41. The van der Waals surface area contributed by atoms with Crippen molar-refractivity contribution in [2.45, 2.75) is 4.34 Å². The highest BCUT2D eigenvalue weighted by Gasteiger charge is 2.13. The molecule has 4 rings (SSSR count). The molecule has 5 nitrogen and oxygen atoms in total. The Bertz CT molecular complexity index is 1280. The Morgan fingerprint density at radius 1 is 1.03 bits per heavy atom. The van der Waals surface area contributed by atoms with Gasteiger partial charge in [-0.15, -0.1) is 11.3 Å². The van der Waals surface area contributed by atoms with E-state index in [0.717, 1.165) is 14.6 Å². The molecule has 0 bridgehead atoms. The minimum atomic E-state index is -0.576. The van der Waals surface area contributed by atoms with Crippen molar-refractivity contribution in [1.29, 1.82) is 0 Å². The molecule has 3 aromatic carbocycles. The number of para-hydroxylation sites is 1. The fourth-order valence-corrected chi connectivity index (χ4v) is 4.85. The topological polar surface area (TPSA) is 71.1 Å². The number of anilines is 2. The predicted molar refractivity (Wildman–Crippen MR) is 125 cm³/mol. The first kappa shape index (κ1) is 21.3. The Hall–Kier alpha value is -2.94. The van der Waals surface area contributed by atoms with Crippen molar-refractivity contribution in [2.24, 2.45) is 0 Å². The molecule has 9 heteroatoms. The maximum Gasteiger partial charge on any atom is 0.258 e. The molecule has 2 N–H and O–H groups in total. The highest BCUT2D eigenvalue weighted by Crippen LogP contribution is 2.31. The van der Waals surface area contributed by atoms with Crippen molar-refractivity contribution in [2.75, 3.05) is 16.4 Å². The van der Waals surface area contributed by atoms with E-state index in [1.807, 2.05) is 0 Å². The molecule has 0 saturated carbocycles. The Kier molecular flexibility index (Phi) is 6.50. The summed E-state index contributed by atoms with van der Waals surface area (Å²) in [6, 6.07) is 18.1. The highest BCUT2D eigenvalue weighted by atomic mass is 35.5. The van der Waals surface area contributed by atoms with Crippen molar-refractivity contribution >= 4 is 68.1 Å². The molecule has 0 fully saturated rings. The molecule has 4 aromatic rings. The van der Waals surface area contributed by atoms with Gasteiger partial charge in [-0.05, 0) is 42.5 Å². The maximum atomic E-state index is 13.8. The lowest BCUT2D eigenvalue weighted by molar-refractivity contribution is -0.113. The first-order valence-corrected chi connectivity index (χ1v) is 11.3. The summed E-state index contributed by atoms with van der Waals surface area (Å²) < 4.78 is 15.4. The number of thiazole rings is 1. The van der Waals surface area contributed by atoms with Crippen molar-refractivity contribution in [3.05, 3.63) is 83.1 Å². The second-order valence-corrected chi connectivity index (χ2v) is 9.07. The molecule has 31 heavy (non-hydrogen) atoms. The zero-order valence-electron chi connectivity index (χ0n) is 15.9. The first-order chi connectivity index (χ1) is 15.0. The summed E-state index contributed by atoms with van der Waals surface area (Å²) in [5.41, 5.74) is 1.84. The van der Waals surface area contributed by atoms with Gasteiger partial charge in [0.15, 0.2) is 4.34 Å². The number of rotatable bonds is 6. The number of nitrogens with zero attached hydrogens (tertiary/aromatic N) is 1. The third-order valence-electron chi connectivity index (χ3n) is 4.22. The van der Waals surface area contributed by atoms with Gasteiger partial charge in [0.1, 0.15) is 5.82 Å². The van der Waals surface area contributed by atoms with E-state index in [4.69, 9.17) is 11.6 Å². The second kappa shape index (κ2) is 9.47. The lowest BCUT2D eigenvalue weighted by atomic mass is 10.2. The molecule has 2 amide bonds. The number of carbonyl (C=O) groups is 2. The number of benzene rings is 3. The molecule has 0 spiro atoms. The van der Waals surface area contributed by atoms with Gasteiger partial charge in [0.25, 0.3) is 5.91 Å². The van der Waals surface area contributed by atoms with E-state index in [1.165, 1.54) is 41.3 Å². The lowest BCUT2D eigenvalue weighted by Gasteiger charge is -2.05. The van der Waals surface area contributed by atoms with Crippen LogP contribution in [-0.2, 0) is 4.79 Å². The van der Waals surface area contributed by atoms with E-state index >= 15 is 0 Å². The van der Waals surface area contributed by atoms with Gasteiger partial charge in [-0.2, -0.15) is 0 Å². The van der Waals surface area contributed by atoms with Crippen molar-refractivity contribution in [1.82, 2.24) is 4.98 Å². The zero-order valence-corrected chi connectivity index (χ0v) is 18.3. The van der Waals surface area contributed by atoms with Crippen LogP contribution in [-0.4, -0.2) is 22.6 Å². The number of hydrogen-bond donors (Lipinski definition) is 2. The molecule has 0 saturated heterocycles. The van der Waals surface area contributed by atoms with E-state index < -0.39 is 11.7 Å². The molecule has 0 aliphatic carbocycles. The van der Waals surface area contributed by atoms with Crippen LogP contribution in [0.15, 0.2) is 71.1 Å². The largest absolute Gasteiger partial charge is 0.324 e. The first-order valence-electron chi connectivity index (χ1n) is 9.13. The summed E-state index contributed by atoms with van der Waals surface area (Å²) in [6.45, 7) is 0. The Morgan fingerprint density at radius 2 is 1.81 bits per heavy atom. The smallest absolute Gasteiger partial charge is 0.258 e. The van der Waals surface area contributed by atoms with Gasteiger partial charge in [-0.1, -0.05) is 47.6 Å². The Balaban J connectivity index is 1.40. The van der Waals surface area contributed by atoms with Crippen LogP contribution in [0.5, 0.6) is 0 Å². The average Bonchev–Trinajstić information content (AvgIpc) is 3.16. The van der Waals surface area contributed by atoms with Crippen molar-refractivity contribution < 1.29 is 14.0 Å². The summed E-state index contributed by atoms with van der Waals surface area (Å²) in [5.74, 6) is -1.10. The van der Waals surface area contributed by atoms with Gasteiger partial charge >= 0.3 is 0 Å². The van der Waals surface area contributed by atoms with Gasteiger partial charge in [0.05, 0.1) is 32.2 Å². The van der Waals surface area contributed by atoms with E-state index in [-0.39, 0.29) is 17.2 Å². The Morgan fingerprint density at radius 3 is 2.61 bits per heavy atom. The minimum Gasteiger partial charge on any atom is -0.324 e. The van der Waals surface area contributed by atoms with E-state index in [0.29, 0.717) is 16.4 Å². The molecule has 156 valence electrons. The summed E-state index contributed by atoms with van der Waals surface area (Å²) in [5, 5.41) is 5.95. The molecule has 0 radical (unpaired) electrons. The van der Waals surface area contributed by atoms with Crippen LogP contribution in [0.25, 0.3) is 10.2 Å². The fraction of sp³-hybridized carbons (Fsp3) is 0.0455. The SMILES string of the molecule is O=C(CSc1nc2ccc(NC(=O)c3ccccc3F)cc2s1)Nc1ccccc1Cl. The molecular weight excluding hydrogens is 457 g/mol. The minimum absolute atomic E-state index is 0.0207. The number of nitrogens with one attached hydrogen (secondary N) is 2. The van der Waals surface area contributed by atoms with Crippen LogP contribution in [0, 0.1) is 5.82 Å². The quantitative estimate of drug-likeness (QED) is 0.335. The summed E-state index contributed by atoms with van der Waals surface area (Å²) in [7, 11) is 0. The molecule has 1 heterocycles. The van der Waals surface area contributed by atoms with Crippen LogP contribution in [0.2, 0.25) is 5.02 Å². The normalized spacial score (nSPS) is 10.8. The monoisotopic (exact) mass is 471 g/mol. The van der Waals surface area contributed by atoms with Crippen LogP contribution < -0.4 is 10.6 Å². The average molecular weight is 472 g/mol. The molecule has 0 aliphatic rings. The van der Waals surface area contributed by atoms with Gasteiger partial charge in [0.2, 0.25) is 5.91 Å². The van der Waals surface area contributed by atoms with Gasteiger partial charge < -0.3 is 10.6 Å². The highest BCUT2D eigenvalue weighted by molar-refractivity contribution is 8.01. The summed E-state index contributed by atoms with van der Waals surface area (Å²) >= 11 is 8.78. The van der Waals surface area contributed by atoms with Crippen LogP contribution in [0.1, 0.15) is 10.4 Å². The predicted octanol–water partition coefficient (Wildman–Crippen LogP) is 6.07. The zero-order chi connectivity index (χ0) is 21.8. The molecular formula is C22H15ClFN3O2S2. The maximum absolute atomic E-state index is 13.8. The number of aromatic nitrogens is 1. The number of thioether (sulfide) groups is 1. The number of hydrogen-bond acceptors (Lipinski definition) is 5. The lowest BCUT2D eigenvalue weighted by Crippen LogP contribution is -2.14. The molecule has 1 aromatic heterocycles. The summed E-state index contributed by atoms with van der Waals surface area (Å²) in [6.07, 6.45) is 0. The number of halogens is 2. The number of amides is 2.